The van der Waals surface area contributed by atoms with Crippen molar-refractivity contribution in [3.05, 3.63) is 58.2 Å². The van der Waals surface area contributed by atoms with E-state index in [1.165, 1.54) is 0 Å². The number of fused-ring (bicyclic) bond motifs is 2. The molecule has 2 aromatic heterocycles. The van der Waals surface area contributed by atoms with Gasteiger partial charge in [0.1, 0.15) is 0 Å². The van der Waals surface area contributed by atoms with Gasteiger partial charge in [-0.2, -0.15) is 26.3 Å². The number of carbonyl (C=O) groups excluding carboxylic acids is 2. The molecule has 2 aromatic rings. The standard InChI is InChI=1S/2C24H34F3N3O3/c2*1-15(2)23(7-4-18(11-23)29-20-6-9-33-14-21(20)32-3)22(31)30-8-5-19-16(13-30)10-17(12-28-19)24(25,26)27/h2*10,12,15,18,20-21,29H,4-9,11,13-14H2,1-3H3/t2*18-,20+,21-,23+/m11/s1. The topological polar surface area (TPSA) is 127 Å². The average Bonchev–Trinajstić information content (AvgIpc) is 3.94. The number of halogens is 6. The Labute approximate surface area is 384 Å². The summed E-state index contributed by atoms with van der Waals surface area (Å²) in [5.74, 6) is 0.372. The summed E-state index contributed by atoms with van der Waals surface area (Å²) in [7, 11) is 3.38. The number of alkyl halides is 6. The van der Waals surface area contributed by atoms with Gasteiger partial charge in [-0.3, -0.25) is 19.6 Å². The number of pyridine rings is 2. The van der Waals surface area contributed by atoms with Crippen LogP contribution in [0.4, 0.5) is 26.3 Å². The van der Waals surface area contributed by atoms with Crippen molar-refractivity contribution >= 4 is 11.8 Å². The molecule has 4 aliphatic heterocycles. The first kappa shape index (κ1) is 50.5. The second-order valence-corrected chi connectivity index (χ2v) is 19.9. The quantitative estimate of drug-likeness (QED) is 0.238. The minimum Gasteiger partial charge on any atom is -0.379 e. The number of methoxy groups -OCH3 is 2. The Hall–Kier alpha value is -3.42. The van der Waals surface area contributed by atoms with Crippen LogP contribution in [0.25, 0.3) is 0 Å². The van der Waals surface area contributed by atoms with E-state index in [9.17, 15) is 35.9 Å². The number of hydrogen-bond acceptors (Lipinski definition) is 10. The van der Waals surface area contributed by atoms with E-state index in [1.54, 1.807) is 24.0 Å². The molecule has 18 heteroatoms. The van der Waals surface area contributed by atoms with Crippen LogP contribution >= 0.6 is 0 Å². The Balaban J connectivity index is 0.000000196. The summed E-state index contributed by atoms with van der Waals surface area (Å²) in [5.41, 5.74) is -0.242. The predicted molar refractivity (Wildman–Crippen MR) is 233 cm³/mol. The normalized spacial score (nSPS) is 30.5. The molecule has 2 aliphatic carbocycles. The third-order valence-electron chi connectivity index (χ3n) is 15.6. The molecule has 8 atom stereocenters. The highest BCUT2D eigenvalue weighted by Gasteiger charge is 2.52. The molecule has 6 aliphatic rings. The van der Waals surface area contributed by atoms with Crippen LogP contribution in [-0.4, -0.2) is 122 Å². The number of nitrogens with zero attached hydrogens (tertiary/aromatic N) is 4. The maximum Gasteiger partial charge on any atom is 0.417 e. The van der Waals surface area contributed by atoms with E-state index in [-0.39, 0.29) is 73.1 Å². The first-order valence-corrected chi connectivity index (χ1v) is 23.7. The van der Waals surface area contributed by atoms with Crippen LogP contribution < -0.4 is 10.6 Å². The largest absolute Gasteiger partial charge is 0.417 e. The van der Waals surface area contributed by atoms with Gasteiger partial charge in [0.25, 0.3) is 0 Å². The van der Waals surface area contributed by atoms with Gasteiger partial charge < -0.3 is 39.4 Å². The van der Waals surface area contributed by atoms with Crippen LogP contribution in [0.15, 0.2) is 24.5 Å². The van der Waals surface area contributed by atoms with Crippen molar-refractivity contribution in [1.29, 1.82) is 0 Å². The van der Waals surface area contributed by atoms with E-state index in [0.29, 0.717) is 74.9 Å². The highest BCUT2D eigenvalue weighted by atomic mass is 19.4. The van der Waals surface area contributed by atoms with Gasteiger partial charge >= 0.3 is 12.4 Å². The minimum absolute atomic E-state index is 0.00238. The van der Waals surface area contributed by atoms with Gasteiger partial charge in [-0.1, -0.05) is 27.7 Å². The van der Waals surface area contributed by atoms with E-state index in [1.807, 2.05) is 0 Å². The van der Waals surface area contributed by atoms with E-state index >= 15 is 0 Å². The van der Waals surface area contributed by atoms with Gasteiger partial charge in [0.15, 0.2) is 0 Å². The van der Waals surface area contributed by atoms with Crippen molar-refractivity contribution in [2.45, 2.75) is 154 Å². The van der Waals surface area contributed by atoms with Crippen LogP contribution in [0.1, 0.15) is 113 Å². The minimum atomic E-state index is -4.44. The average molecular weight is 939 g/mol. The van der Waals surface area contributed by atoms with Gasteiger partial charge in [0, 0.05) is 114 Å². The molecule has 2 saturated heterocycles. The smallest absolute Gasteiger partial charge is 0.379 e. The van der Waals surface area contributed by atoms with Gasteiger partial charge in [-0.05, 0) is 86.5 Å². The monoisotopic (exact) mass is 939 g/mol. The Kier molecular flexibility index (Phi) is 15.8. The van der Waals surface area contributed by atoms with Crippen LogP contribution in [0, 0.1) is 22.7 Å². The Morgan fingerprint density at radius 3 is 1.42 bits per heavy atom. The van der Waals surface area contributed by atoms with Gasteiger partial charge in [-0.15, -0.1) is 0 Å². The molecule has 2 amide bonds. The van der Waals surface area contributed by atoms with E-state index in [0.717, 1.165) is 75.9 Å². The molecule has 0 radical (unpaired) electrons. The van der Waals surface area contributed by atoms with Crippen molar-refractivity contribution in [2.75, 3.05) is 53.7 Å². The summed E-state index contributed by atoms with van der Waals surface area (Å²) in [4.78, 5) is 39.2. The molecule has 12 nitrogen and oxygen atoms in total. The third kappa shape index (κ3) is 10.9. The highest BCUT2D eigenvalue weighted by Crippen LogP contribution is 2.48. The predicted octanol–water partition coefficient (Wildman–Crippen LogP) is 7.15. The number of hydrogen-bond donors (Lipinski definition) is 2. The summed E-state index contributed by atoms with van der Waals surface area (Å²) < 4.78 is 101. The first-order chi connectivity index (χ1) is 31.3. The van der Waals surface area contributed by atoms with Crippen molar-refractivity contribution in [3.63, 3.8) is 0 Å². The lowest BCUT2D eigenvalue weighted by Crippen LogP contribution is -2.52. The third-order valence-corrected chi connectivity index (χ3v) is 15.6. The zero-order valence-electron chi connectivity index (χ0n) is 39.2. The van der Waals surface area contributed by atoms with Gasteiger partial charge in [0.2, 0.25) is 11.8 Å². The van der Waals surface area contributed by atoms with E-state index in [4.69, 9.17) is 18.9 Å². The fourth-order valence-electron chi connectivity index (χ4n) is 11.4. The molecule has 6 heterocycles. The number of rotatable bonds is 10. The zero-order chi connectivity index (χ0) is 47.6. The summed E-state index contributed by atoms with van der Waals surface area (Å²) in [6, 6.07) is 3.10. The summed E-state index contributed by atoms with van der Waals surface area (Å²) in [6.45, 7) is 12.2. The Bertz CT molecular complexity index is 1870. The molecular formula is C48H68F6N6O6. The van der Waals surface area contributed by atoms with Gasteiger partial charge in [-0.25, -0.2) is 0 Å². The summed E-state index contributed by atoms with van der Waals surface area (Å²) in [6.07, 6.45) is 0.361. The second-order valence-electron chi connectivity index (χ2n) is 19.9. The fraction of sp³-hybridized carbons (Fsp3) is 0.750. The molecule has 0 bridgehead atoms. The molecule has 66 heavy (non-hydrogen) atoms. The number of carbonyl (C=O) groups is 2. The molecule has 0 unspecified atom stereocenters. The van der Waals surface area contributed by atoms with E-state index in [2.05, 4.69) is 48.3 Å². The lowest BCUT2D eigenvalue weighted by molar-refractivity contribution is -0.146. The molecule has 2 N–H and O–H groups in total. The maximum absolute atomic E-state index is 13.8. The number of nitrogens with one attached hydrogen (secondary N) is 2. The molecule has 0 aromatic carbocycles. The zero-order valence-corrected chi connectivity index (χ0v) is 39.2. The molecule has 4 fully saturated rings. The lowest BCUT2D eigenvalue weighted by atomic mass is 9.74. The summed E-state index contributed by atoms with van der Waals surface area (Å²) >= 11 is 0. The molecule has 0 spiro atoms. The SMILES string of the molecule is CO[C@@H]1COCC[C@@H]1N[C@@H]1CC[C@@](C(=O)N2CCc3ncc(C(F)(F)F)cc3C2)(C(C)C)C1.CO[C@@H]1COCC[C@@H]1N[C@@H]1CC[C@@](C(=O)N2CCc3ncc(C(F)(F)F)cc3C2)(C(C)C)C1. The first-order valence-electron chi connectivity index (χ1n) is 23.7. The van der Waals surface area contributed by atoms with Crippen LogP contribution in [0.3, 0.4) is 0 Å². The van der Waals surface area contributed by atoms with E-state index < -0.39 is 34.3 Å². The highest BCUT2D eigenvalue weighted by molar-refractivity contribution is 5.84. The number of ether oxygens (including phenoxy) is 4. The second kappa shape index (κ2) is 20.7. The Morgan fingerprint density at radius 2 is 1.08 bits per heavy atom. The Morgan fingerprint density at radius 1 is 0.682 bits per heavy atom. The van der Waals surface area contributed by atoms with Crippen molar-refractivity contribution in [1.82, 2.24) is 30.4 Å². The van der Waals surface area contributed by atoms with Crippen LogP contribution in [0.5, 0.6) is 0 Å². The molecule has 2 saturated carbocycles. The van der Waals surface area contributed by atoms with Crippen LogP contribution in [0.2, 0.25) is 0 Å². The molecule has 8 rings (SSSR count). The van der Waals surface area contributed by atoms with Crippen molar-refractivity contribution < 1.29 is 54.9 Å². The summed E-state index contributed by atoms with van der Waals surface area (Å²) in [5, 5.41) is 7.43. The molecular weight excluding hydrogens is 871 g/mol. The lowest BCUT2D eigenvalue weighted by Gasteiger charge is -2.40. The van der Waals surface area contributed by atoms with Crippen molar-refractivity contribution in [2.24, 2.45) is 22.7 Å². The van der Waals surface area contributed by atoms with Crippen molar-refractivity contribution in [3.8, 4) is 0 Å². The number of aromatic nitrogens is 2. The maximum atomic E-state index is 13.8. The number of amides is 2. The fourth-order valence-corrected chi connectivity index (χ4v) is 11.4. The molecule has 368 valence electrons. The van der Waals surface area contributed by atoms with Crippen LogP contribution in [-0.2, 0) is 66.8 Å². The van der Waals surface area contributed by atoms with Gasteiger partial charge in [0.05, 0.1) is 47.4 Å².